The van der Waals surface area contributed by atoms with Gasteiger partial charge in [0.2, 0.25) is 5.91 Å². The number of tetrazole rings is 1. The van der Waals surface area contributed by atoms with Crippen LogP contribution in [0.25, 0.3) is 5.69 Å². The molecule has 1 amide bonds. The molecular weight excluding hydrogens is 318 g/mol. The van der Waals surface area contributed by atoms with E-state index in [2.05, 4.69) is 15.7 Å². The number of aryl methyl sites for hydroxylation is 1. The highest BCUT2D eigenvalue weighted by atomic mass is 16.2. The molecule has 0 aliphatic rings. The summed E-state index contributed by atoms with van der Waals surface area (Å²) in [6.45, 7) is 3.73. The molecule has 3 rings (SSSR count). The van der Waals surface area contributed by atoms with Gasteiger partial charge in [-0.15, -0.1) is 0 Å². The van der Waals surface area contributed by atoms with Gasteiger partial charge in [-0.25, -0.2) is 4.79 Å². The molecule has 0 bridgehead atoms. The number of hydrogen-bond donors (Lipinski definition) is 1. The second-order valence-electron chi connectivity index (χ2n) is 5.87. The zero-order valence-electron chi connectivity index (χ0n) is 14.1. The molecule has 0 aliphatic carbocycles. The molecule has 1 aromatic heterocycles. The molecule has 25 heavy (non-hydrogen) atoms. The van der Waals surface area contributed by atoms with E-state index in [1.54, 1.807) is 24.3 Å². The van der Waals surface area contributed by atoms with E-state index < -0.39 is 5.69 Å². The van der Waals surface area contributed by atoms with Crippen molar-refractivity contribution in [2.45, 2.75) is 26.4 Å². The highest BCUT2D eigenvalue weighted by Gasteiger charge is 2.14. The molecule has 0 fully saturated rings. The SMILES string of the molecule is Cc1ccc([C@H](C)NC(=O)Cn2nnn(-c3ccccc3)c2=O)cc1. The van der Waals surface area contributed by atoms with E-state index in [4.69, 9.17) is 0 Å². The molecule has 0 aliphatic heterocycles. The lowest BCUT2D eigenvalue weighted by molar-refractivity contribution is -0.122. The minimum absolute atomic E-state index is 0.159. The Bertz CT molecular complexity index is 913. The van der Waals surface area contributed by atoms with Gasteiger partial charge in [0.1, 0.15) is 6.54 Å². The van der Waals surface area contributed by atoms with Crippen LogP contribution in [0.4, 0.5) is 0 Å². The van der Waals surface area contributed by atoms with Crippen LogP contribution in [0.2, 0.25) is 0 Å². The third-order valence-corrected chi connectivity index (χ3v) is 3.89. The van der Waals surface area contributed by atoms with Crippen LogP contribution in [0.15, 0.2) is 59.4 Å². The van der Waals surface area contributed by atoms with E-state index in [1.807, 2.05) is 44.2 Å². The fraction of sp³-hybridized carbons (Fsp3) is 0.222. The Kier molecular flexibility index (Phi) is 4.74. The van der Waals surface area contributed by atoms with E-state index in [0.717, 1.165) is 20.5 Å². The summed E-state index contributed by atoms with van der Waals surface area (Å²) < 4.78 is 2.21. The Morgan fingerprint density at radius 3 is 2.44 bits per heavy atom. The number of para-hydroxylation sites is 1. The molecule has 0 saturated heterocycles. The van der Waals surface area contributed by atoms with Gasteiger partial charge in [0.15, 0.2) is 0 Å². The minimum atomic E-state index is -0.454. The van der Waals surface area contributed by atoms with E-state index in [0.29, 0.717) is 5.69 Å². The molecular formula is C18H19N5O2. The predicted octanol–water partition coefficient (Wildman–Crippen LogP) is 1.61. The number of carbonyl (C=O) groups excluding carboxylic acids is 1. The summed E-state index contributed by atoms with van der Waals surface area (Å²) >= 11 is 0. The van der Waals surface area contributed by atoms with Crippen molar-refractivity contribution in [1.29, 1.82) is 0 Å². The lowest BCUT2D eigenvalue weighted by Gasteiger charge is -2.14. The molecule has 2 aromatic carbocycles. The number of aromatic nitrogens is 4. The summed E-state index contributed by atoms with van der Waals surface area (Å²) in [5.41, 5.74) is 2.31. The van der Waals surface area contributed by atoms with Crippen LogP contribution in [0.3, 0.4) is 0 Å². The number of benzene rings is 2. The first kappa shape index (κ1) is 16.6. The lowest BCUT2D eigenvalue weighted by atomic mass is 10.1. The first-order chi connectivity index (χ1) is 12.0. The van der Waals surface area contributed by atoms with Crippen molar-refractivity contribution in [3.63, 3.8) is 0 Å². The monoisotopic (exact) mass is 337 g/mol. The number of carbonyl (C=O) groups is 1. The minimum Gasteiger partial charge on any atom is -0.348 e. The number of nitrogens with one attached hydrogen (secondary N) is 1. The summed E-state index contributed by atoms with van der Waals surface area (Å²) in [5, 5.41) is 10.5. The molecule has 0 unspecified atom stereocenters. The summed E-state index contributed by atoms with van der Waals surface area (Å²) in [6, 6.07) is 16.7. The van der Waals surface area contributed by atoms with Crippen LogP contribution >= 0.6 is 0 Å². The third-order valence-electron chi connectivity index (χ3n) is 3.89. The molecule has 1 N–H and O–H groups in total. The molecule has 1 atom stereocenters. The average molecular weight is 337 g/mol. The molecule has 7 nitrogen and oxygen atoms in total. The maximum absolute atomic E-state index is 12.3. The molecule has 7 heteroatoms. The Hall–Kier alpha value is -3.22. The van der Waals surface area contributed by atoms with Gasteiger partial charge in [-0.3, -0.25) is 4.79 Å². The zero-order chi connectivity index (χ0) is 17.8. The predicted molar refractivity (Wildman–Crippen MR) is 93.4 cm³/mol. The Morgan fingerprint density at radius 2 is 1.76 bits per heavy atom. The largest absolute Gasteiger partial charge is 0.368 e. The van der Waals surface area contributed by atoms with E-state index in [9.17, 15) is 9.59 Å². The zero-order valence-corrected chi connectivity index (χ0v) is 14.1. The van der Waals surface area contributed by atoms with Crippen LogP contribution in [0.1, 0.15) is 24.1 Å². The molecule has 0 saturated carbocycles. The highest BCUT2D eigenvalue weighted by molar-refractivity contribution is 5.76. The Labute approximate surface area is 144 Å². The molecule has 3 aromatic rings. The second kappa shape index (κ2) is 7.12. The fourth-order valence-electron chi connectivity index (χ4n) is 2.47. The summed E-state index contributed by atoms with van der Waals surface area (Å²) in [7, 11) is 0. The van der Waals surface area contributed by atoms with Gasteiger partial charge < -0.3 is 5.32 Å². The number of nitrogens with zero attached hydrogens (tertiary/aromatic N) is 4. The maximum atomic E-state index is 12.3. The standard InChI is InChI=1S/C18H19N5O2/c1-13-8-10-15(11-9-13)14(2)19-17(24)12-22-18(25)23(21-20-22)16-6-4-3-5-7-16/h3-11,14H,12H2,1-2H3,(H,19,24)/t14-/m0/s1. The first-order valence-corrected chi connectivity index (χ1v) is 7.99. The van der Waals surface area contributed by atoms with Gasteiger partial charge >= 0.3 is 5.69 Å². The average Bonchev–Trinajstić information content (AvgIpc) is 2.96. The van der Waals surface area contributed by atoms with Crippen molar-refractivity contribution in [2.24, 2.45) is 0 Å². The van der Waals surface area contributed by atoms with Gasteiger partial charge in [0.05, 0.1) is 11.7 Å². The first-order valence-electron chi connectivity index (χ1n) is 7.99. The maximum Gasteiger partial charge on any atom is 0.368 e. The molecule has 128 valence electrons. The fourth-order valence-corrected chi connectivity index (χ4v) is 2.47. The molecule has 0 spiro atoms. The van der Waals surface area contributed by atoms with Crippen LogP contribution in [0, 0.1) is 6.92 Å². The van der Waals surface area contributed by atoms with Crippen molar-refractivity contribution >= 4 is 5.91 Å². The number of rotatable bonds is 5. The van der Waals surface area contributed by atoms with Crippen LogP contribution in [-0.4, -0.2) is 25.7 Å². The van der Waals surface area contributed by atoms with Gasteiger partial charge in [0, 0.05) is 0 Å². The van der Waals surface area contributed by atoms with E-state index >= 15 is 0 Å². The summed E-state index contributed by atoms with van der Waals surface area (Å²) in [6.07, 6.45) is 0. The molecule has 1 heterocycles. The topological polar surface area (TPSA) is 81.8 Å². The molecule has 0 radical (unpaired) electrons. The van der Waals surface area contributed by atoms with Crippen molar-refractivity contribution in [2.75, 3.05) is 0 Å². The van der Waals surface area contributed by atoms with Crippen molar-refractivity contribution < 1.29 is 4.79 Å². The smallest absolute Gasteiger partial charge is 0.348 e. The van der Waals surface area contributed by atoms with Crippen LogP contribution in [0.5, 0.6) is 0 Å². The number of hydrogen-bond acceptors (Lipinski definition) is 4. The second-order valence-corrected chi connectivity index (χ2v) is 5.87. The third kappa shape index (κ3) is 3.82. The Balaban J connectivity index is 1.68. The summed E-state index contributed by atoms with van der Waals surface area (Å²) in [4.78, 5) is 24.5. The van der Waals surface area contributed by atoms with Crippen molar-refractivity contribution in [3.8, 4) is 5.69 Å². The highest BCUT2D eigenvalue weighted by Crippen LogP contribution is 2.12. The van der Waals surface area contributed by atoms with E-state index in [1.165, 1.54) is 0 Å². The van der Waals surface area contributed by atoms with Gasteiger partial charge in [-0.1, -0.05) is 48.0 Å². The Morgan fingerprint density at radius 1 is 1.08 bits per heavy atom. The van der Waals surface area contributed by atoms with Crippen LogP contribution in [-0.2, 0) is 11.3 Å². The normalized spacial score (nSPS) is 11.9. The van der Waals surface area contributed by atoms with Crippen LogP contribution < -0.4 is 11.0 Å². The van der Waals surface area contributed by atoms with Gasteiger partial charge in [0.25, 0.3) is 0 Å². The quantitative estimate of drug-likeness (QED) is 0.767. The van der Waals surface area contributed by atoms with Gasteiger partial charge in [-0.2, -0.15) is 9.36 Å². The summed E-state index contributed by atoms with van der Waals surface area (Å²) in [5.74, 6) is -0.296. The number of amides is 1. The van der Waals surface area contributed by atoms with Gasteiger partial charge in [-0.05, 0) is 42.0 Å². The van der Waals surface area contributed by atoms with Crippen molar-refractivity contribution in [1.82, 2.24) is 25.1 Å². The van der Waals surface area contributed by atoms with E-state index in [-0.39, 0.29) is 18.5 Å². The van der Waals surface area contributed by atoms with Crippen molar-refractivity contribution in [3.05, 3.63) is 76.2 Å². The lowest BCUT2D eigenvalue weighted by Crippen LogP contribution is -2.34.